The molecule has 0 spiro atoms. The molecule has 0 fully saturated rings. The highest BCUT2D eigenvalue weighted by atomic mass is 32.2. The van der Waals surface area contributed by atoms with Crippen LogP contribution >= 0.6 is 0 Å². The van der Waals surface area contributed by atoms with Crippen LogP contribution in [0.2, 0.25) is 0 Å². The van der Waals surface area contributed by atoms with Crippen molar-refractivity contribution >= 4 is 21.6 Å². The van der Waals surface area contributed by atoms with E-state index in [1.807, 2.05) is 0 Å². The number of amides is 1. The van der Waals surface area contributed by atoms with Crippen LogP contribution in [-0.2, 0) is 16.4 Å². The monoisotopic (exact) mass is 364 g/mol. The summed E-state index contributed by atoms with van der Waals surface area (Å²) < 4.78 is 39.6. The molecular formula is C18H21FN2O3S. The molecule has 0 saturated heterocycles. The number of hydrogen-bond acceptors (Lipinski definition) is 3. The van der Waals surface area contributed by atoms with Crippen LogP contribution in [0.1, 0.15) is 29.3 Å². The van der Waals surface area contributed by atoms with Crippen LogP contribution in [0.4, 0.5) is 10.1 Å². The van der Waals surface area contributed by atoms with E-state index in [-0.39, 0.29) is 24.0 Å². The molecule has 0 atom stereocenters. The van der Waals surface area contributed by atoms with Crippen molar-refractivity contribution in [3.8, 4) is 0 Å². The van der Waals surface area contributed by atoms with Crippen molar-refractivity contribution < 1.29 is 17.6 Å². The molecule has 0 aliphatic heterocycles. The summed E-state index contributed by atoms with van der Waals surface area (Å²) >= 11 is 0. The molecule has 0 aliphatic carbocycles. The fourth-order valence-electron chi connectivity index (χ4n) is 2.34. The van der Waals surface area contributed by atoms with Gasteiger partial charge in [-0.25, -0.2) is 12.8 Å². The van der Waals surface area contributed by atoms with Gasteiger partial charge in [-0.15, -0.1) is 0 Å². The summed E-state index contributed by atoms with van der Waals surface area (Å²) in [5.41, 5.74) is 1.21. The third-order valence-electron chi connectivity index (χ3n) is 3.51. The standard InChI is InChI=1S/C18H21FN2O3S/c1-2-12-25(23,24)21-16-8-5-7-15(13-16)18(22)20-11-10-14-6-3-4-9-17(14)19/h3-9,13,21H,2,10-12H2,1H3,(H,20,22). The number of halogens is 1. The average molecular weight is 364 g/mol. The molecule has 0 bridgehead atoms. The van der Waals surface area contributed by atoms with Crippen molar-refractivity contribution in [3.63, 3.8) is 0 Å². The predicted molar refractivity (Wildman–Crippen MR) is 96.6 cm³/mol. The summed E-state index contributed by atoms with van der Waals surface area (Å²) in [7, 11) is -3.41. The third kappa shape index (κ3) is 5.86. The first-order valence-corrected chi connectivity index (χ1v) is 9.68. The molecule has 2 aromatic rings. The highest BCUT2D eigenvalue weighted by molar-refractivity contribution is 7.92. The molecule has 2 N–H and O–H groups in total. The first-order chi connectivity index (χ1) is 11.9. The van der Waals surface area contributed by atoms with Crippen LogP contribution in [0.3, 0.4) is 0 Å². The Bertz CT molecular complexity index is 838. The van der Waals surface area contributed by atoms with Crippen molar-refractivity contribution in [1.82, 2.24) is 5.32 Å². The van der Waals surface area contributed by atoms with E-state index >= 15 is 0 Å². The molecule has 0 heterocycles. The largest absolute Gasteiger partial charge is 0.352 e. The smallest absolute Gasteiger partial charge is 0.251 e. The lowest BCUT2D eigenvalue weighted by molar-refractivity contribution is 0.0954. The van der Waals surface area contributed by atoms with Crippen molar-refractivity contribution in [2.45, 2.75) is 19.8 Å². The van der Waals surface area contributed by atoms with Gasteiger partial charge in [0.2, 0.25) is 10.0 Å². The van der Waals surface area contributed by atoms with Crippen LogP contribution < -0.4 is 10.0 Å². The van der Waals surface area contributed by atoms with Gasteiger partial charge in [-0.1, -0.05) is 31.2 Å². The SMILES string of the molecule is CCCS(=O)(=O)Nc1cccc(C(=O)NCCc2ccccc2F)c1. The Labute approximate surface area is 147 Å². The van der Waals surface area contributed by atoms with Gasteiger partial charge in [-0.3, -0.25) is 9.52 Å². The first-order valence-electron chi connectivity index (χ1n) is 8.03. The summed E-state index contributed by atoms with van der Waals surface area (Å²) in [5.74, 6) is -0.622. The molecule has 25 heavy (non-hydrogen) atoms. The van der Waals surface area contributed by atoms with Crippen molar-refractivity contribution in [2.75, 3.05) is 17.0 Å². The number of hydrogen-bond donors (Lipinski definition) is 2. The molecule has 0 saturated carbocycles. The molecule has 134 valence electrons. The molecule has 2 rings (SSSR count). The van der Waals surface area contributed by atoms with Gasteiger partial charge in [0.15, 0.2) is 0 Å². The molecule has 2 aromatic carbocycles. The second kappa shape index (κ2) is 8.62. The minimum atomic E-state index is -3.41. The van der Waals surface area contributed by atoms with Crippen LogP contribution in [0, 0.1) is 5.82 Å². The van der Waals surface area contributed by atoms with E-state index < -0.39 is 10.0 Å². The van der Waals surface area contributed by atoms with Gasteiger partial charge in [-0.05, 0) is 42.7 Å². The normalized spacial score (nSPS) is 11.1. The number of carbonyl (C=O) groups excluding carboxylic acids is 1. The Morgan fingerprint density at radius 1 is 1.12 bits per heavy atom. The summed E-state index contributed by atoms with van der Waals surface area (Å²) in [6.07, 6.45) is 0.882. The minimum Gasteiger partial charge on any atom is -0.352 e. The summed E-state index contributed by atoms with van der Waals surface area (Å²) in [6, 6.07) is 12.7. The summed E-state index contributed by atoms with van der Waals surface area (Å²) in [5, 5.41) is 2.71. The van der Waals surface area contributed by atoms with Gasteiger partial charge < -0.3 is 5.32 Å². The number of benzene rings is 2. The molecule has 5 nitrogen and oxygen atoms in total. The maximum atomic E-state index is 13.5. The molecule has 0 aliphatic rings. The zero-order chi connectivity index (χ0) is 18.3. The van der Waals surface area contributed by atoms with Crippen molar-refractivity contribution in [3.05, 3.63) is 65.5 Å². The predicted octanol–water partition coefficient (Wildman–Crippen LogP) is 2.95. The van der Waals surface area contributed by atoms with Crippen LogP contribution in [0.5, 0.6) is 0 Å². The van der Waals surface area contributed by atoms with E-state index in [1.54, 1.807) is 43.3 Å². The fourth-order valence-corrected chi connectivity index (χ4v) is 3.46. The number of rotatable bonds is 8. The van der Waals surface area contributed by atoms with Gasteiger partial charge in [0.05, 0.1) is 5.75 Å². The molecular weight excluding hydrogens is 343 g/mol. The van der Waals surface area contributed by atoms with Crippen LogP contribution in [0.15, 0.2) is 48.5 Å². The van der Waals surface area contributed by atoms with Crippen LogP contribution in [-0.4, -0.2) is 26.6 Å². The molecule has 7 heteroatoms. The van der Waals surface area contributed by atoms with E-state index in [2.05, 4.69) is 10.0 Å². The Hall–Kier alpha value is -2.41. The summed E-state index contributed by atoms with van der Waals surface area (Å²) in [4.78, 5) is 12.2. The molecule has 0 aromatic heterocycles. The highest BCUT2D eigenvalue weighted by Gasteiger charge is 2.11. The van der Waals surface area contributed by atoms with Gasteiger partial charge in [0.1, 0.15) is 5.82 Å². The lowest BCUT2D eigenvalue weighted by Crippen LogP contribution is -2.26. The second-order valence-corrected chi connectivity index (χ2v) is 7.44. The van der Waals surface area contributed by atoms with Gasteiger partial charge in [0, 0.05) is 17.8 Å². The van der Waals surface area contributed by atoms with E-state index in [1.165, 1.54) is 12.1 Å². The summed E-state index contributed by atoms with van der Waals surface area (Å²) in [6.45, 7) is 2.06. The van der Waals surface area contributed by atoms with Gasteiger partial charge in [0.25, 0.3) is 5.91 Å². The Balaban J connectivity index is 1.96. The van der Waals surface area contributed by atoms with Crippen LogP contribution in [0.25, 0.3) is 0 Å². The number of nitrogens with one attached hydrogen (secondary N) is 2. The third-order valence-corrected chi connectivity index (χ3v) is 5.00. The number of anilines is 1. The number of carbonyl (C=O) groups is 1. The molecule has 0 unspecified atom stereocenters. The van der Waals surface area contributed by atoms with Gasteiger partial charge >= 0.3 is 0 Å². The topological polar surface area (TPSA) is 75.3 Å². The molecule has 1 amide bonds. The minimum absolute atomic E-state index is 0.0199. The Kier molecular flexibility index (Phi) is 6.52. The maximum absolute atomic E-state index is 13.5. The van der Waals surface area contributed by atoms with Gasteiger partial charge in [-0.2, -0.15) is 0 Å². The van der Waals surface area contributed by atoms with Crippen molar-refractivity contribution in [2.24, 2.45) is 0 Å². The number of sulfonamides is 1. The van der Waals surface area contributed by atoms with E-state index in [0.717, 1.165) is 0 Å². The maximum Gasteiger partial charge on any atom is 0.251 e. The lowest BCUT2D eigenvalue weighted by atomic mass is 10.1. The quantitative estimate of drug-likeness (QED) is 0.756. The van der Waals surface area contributed by atoms with E-state index in [4.69, 9.17) is 0 Å². The zero-order valence-corrected chi connectivity index (χ0v) is 14.8. The fraction of sp³-hybridized carbons (Fsp3) is 0.278. The van der Waals surface area contributed by atoms with Crippen molar-refractivity contribution in [1.29, 1.82) is 0 Å². The Morgan fingerprint density at radius 3 is 2.60 bits per heavy atom. The average Bonchev–Trinajstić information content (AvgIpc) is 2.56. The lowest BCUT2D eigenvalue weighted by Gasteiger charge is -2.09. The highest BCUT2D eigenvalue weighted by Crippen LogP contribution is 2.13. The van der Waals surface area contributed by atoms with E-state index in [9.17, 15) is 17.6 Å². The molecule has 0 radical (unpaired) electrons. The zero-order valence-electron chi connectivity index (χ0n) is 14.0. The Morgan fingerprint density at radius 2 is 1.88 bits per heavy atom. The first kappa shape index (κ1) is 18.9. The second-order valence-electron chi connectivity index (χ2n) is 5.60. The van der Waals surface area contributed by atoms with E-state index in [0.29, 0.717) is 29.7 Å².